The summed E-state index contributed by atoms with van der Waals surface area (Å²) >= 11 is 1.35. The fourth-order valence-electron chi connectivity index (χ4n) is 4.94. The Bertz CT molecular complexity index is 1240. The van der Waals surface area contributed by atoms with Gasteiger partial charge in [-0.05, 0) is 54.0 Å². The quantitative estimate of drug-likeness (QED) is 0.346. The number of amides is 1. The van der Waals surface area contributed by atoms with Crippen LogP contribution in [-0.4, -0.2) is 72.8 Å². The van der Waals surface area contributed by atoms with Gasteiger partial charge in [0.25, 0.3) is 0 Å². The van der Waals surface area contributed by atoms with Gasteiger partial charge >= 0.3 is 0 Å². The molecule has 1 fully saturated rings. The van der Waals surface area contributed by atoms with Crippen molar-refractivity contribution < 1.29 is 34.3 Å². The van der Waals surface area contributed by atoms with Gasteiger partial charge in [0.05, 0.1) is 37.5 Å². The maximum Gasteiger partial charge on any atom is 0.217 e. The first-order valence-electron chi connectivity index (χ1n) is 11.9. The molecule has 11 heteroatoms. The van der Waals surface area contributed by atoms with Gasteiger partial charge in [-0.15, -0.1) is 11.8 Å². The van der Waals surface area contributed by atoms with Crippen molar-refractivity contribution in [3.63, 3.8) is 0 Å². The Morgan fingerprint density at radius 2 is 1.84 bits per heavy atom. The van der Waals surface area contributed by atoms with E-state index in [9.17, 15) is 24.9 Å². The summed E-state index contributed by atoms with van der Waals surface area (Å²) in [6.07, 6.45) is -2.07. The molecule has 0 spiro atoms. The monoisotopic (exact) mass is 532 g/mol. The Balaban J connectivity index is 1.90. The SMILES string of the molecule is COc1c(N[C@@H]2OC[C@@H](O)[C@@H](O)[C@@H]2O)cc2c(c1OC)-c1ccc(SC)c(=O)cc1[C@@H](NC(C)=O)CC2. The third-order valence-electron chi connectivity index (χ3n) is 6.71. The summed E-state index contributed by atoms with van der Waals surface area (Å²) in [7, 11) is 3.00. The lowest BCUT2D eigenvalue weighted by molar-refractivity contribution is -0.178. The predicted octanol–water partition coefficient (Wildman–Crippen LogP) is 1.43. The van der Waals surface area contributed by atoms with E-state index in [0.29, 0.717) is 40.5 Å². The van der Waals surface area contributed by atoms with Crippen molar-refractivity contribution in [2.24, 2.45) is 0 Å². The number of aliphatic hydroxyl groups is 3. The number of thioether (sulfide) groups is 1. The first kappa shape index (κ1) is 27.2. The Kier molecular flexibility index (Phi) is 8.29. The van der Waals surface area contributed by atoms with Gasteiger partial charge in [0, 0.05) is 12.5 Å². The van der Waals surface area contributed by atoms with Crippen molar-refractivity contribution in [2.45, 2.75) is 55.2 Å². The van der Waals surface area contributed by atoms with Gasteiger partial charge in [0.1, 0.15) is 18.3 Å². The number of carbonyl (C=O) groups excluding carboxylic acids is 1. The van der Waals surface area contributed by atoms with Crippen LogP contribution in [0.1, 0.15) is 30.5 Å². The van der Waals surface area contributed by atoms with E-state index in [1.54, 1.807) is 12.1 Å². The van der Waals surface area contributed by atoms with Gasteiger partial charge in [-0.25, -0.2) is 0 Å². The second kappa shape index (κ2) is 11.3. The normalized spacial score (nSPS) is 24.8. The summed E-state index contributed by atoms with van der Waals surface area (Å²) in [5, 5.41) is 36.4. The third-order valence-corrected chi connectivity index (χ3v) is 7.49. The maximum absolute atomic E-state index is 12.9. The highest BCUT2D eigenvalue weighted by Crippen LogP contribution is 2.49. The summed E-state index contributed by atoms with van der Waals surface area (Å²) in [4.78, 5) is 25.6. The predicted molar refractivity (Wildman–Crippen MR) is 139 cm³/mol. The molecule has 1 heterocycles. The number of hydrogen-bond acceptors (Lipinski definition) is 10. The van der Waals surface area contributed by atoms with Crippen molar-refractivity contribution in [3.05, 3.63) is 45.6 Å². The molecule has 0 radical (unpaired) electrons. The van der Waals surface area contributed by atoms with Gasteiger partial charge in [-0.1, -0.05) is 6.07 Å². The number of methoxy groups -OCH3 is 2. The van der Waals surface area contributed by atoms with Crippen LogP contribution in [0.2, 0.25) is 0 Å². The molecule has 2 aliphatic rings. The van der Waals surface area contributed by atoms with Crippen LogP contribution in [0.5, 0.6) is 11.5 Å². The molecule has 2 aromatic rings. The molecule has 200 valence electrons. The molecule has 1 saturated heterocycles. The van der Waals surface area contributed by atoms with E-state index < -0.39 is 30.6 Å². The Hall–Kier alpha value is -2.83. The standard InChI is InChI=1S/C26H32N2O8S/c1-12(29)27-16-7-5-13-9-17(28-26-23(33)22(32)19(31)11-36-26)24(34-2)25(35-3)21(13)14-6-8-20(37-4)18(30)10-15(14)16/h6,8-10,16,19,22-23,26,28,31-33H,5,7,11H2,1-4H3,(H,27,29)/t16-,19+,22+,23-,26+/m0/s1. The number of fused-ring (bicyclic) bond motifs is 3. The van der Waals surface area contributed by atoms with E-state index in [1.165, 1.54) is 32.9 Å². The molecular formula is C26H32N2O8S. The summed E-state index contributed by atoms with van der Waals surface area (Å²) in [6, 6.07) is 6.66. The maximum atomic E-state index is 12.9. The first-order chi connectivity index (χ1) is 17.7. The van der Waals surface area contributed by atoms with Crippen molar-refractivity contribution >= 4 is 23.4 Å². The van der Waals surface area contributed by atoms with Crippen LogP contribution >= 0.6 is 11.8 Å². The van der Waals surface area contributed by atoms with Gasteiger partial charge in [0.2, 0.25) is 5.91 Å². The lowest BCUT2D eigenvalue weighted by atomic mass is 9.95. The number of aryl methyl sites for hydroxylation is 1. The summed E-state index contributed by atoms with van der Waals surface area (Å²) in [5.74, 6) is 0.532. The molecule has 1 aliphatic heterocycles. The zero-order chi connectivity index (χ0) is 26.9. The minimum Gasteiger partial charge on any atom is -0.492 e. The topological polar surface area (TPSA) is 147 Å². The van der Waals surface area contributed by atoms with Crippen molar-refractivity contribution in [2.75, 3.05) is 32.4 Å². The Morgan fingerprint density at radius 1 is 1.11 bits per heavy atom. The van der Waals surface area contributed by atoms with Crippen molar-refractivity contribution in [1.29, 1.82) is 0 Å². The highest BCUT2D eigenvalue weighted by Gasteiger charge is 2.38. The fraction of sp³-hybridized carbons (Fsp3) is 0.462. The number of ether oxygens (including phenoxy) is 3. The van der Waals surface area contributed by atoms with Crippen LogP contribution in [0.3, 0.4) is 0 Å². The first-order valence-corrected chi connectivity index (χ1v) is 13.1. The smallest absolute Gasteiger partial charge is 0.217 e. The minimum atomic E-state index is -1.39. The van der Waals surface area contributed by atoms with Crippen LogP contribution in [0, 0.1) is 0 Å². The molecule has 10 nitrogen and oxygen atoms in total. The number of nitrogens with one attached hydrogen (secondary N) is 2. The van der Waals surface area contributed by atoms with Crippen LogP contribution in [0.25, 0.3) is 11.1 Å². The molecule has 4 rings (SSSR count). The van der Waals surface area contributed by atoms with Gasteiger partial charge in [-0.3, -0.25) is 9.59 Å². The zero-order valence-electron chi connectivity index (χ0n) is 21.1. The van der Waals surface area contributed by atoms with E-state index in [4.69, 9.17) is 14.2 Å². The van der Waals surface area contributed by atoms with Crippen LogP contribution in [0.4, 0.5) is 5.69 Å². The van der Waals surface area contributed by atoms with Gasteiger partial charge in [0.15, 0.2) is 23.2 Å². The fourth-order valence-corrected chi connectivity index (χ4v) is 5.40. The molecule has 0 saturated carbocycles. The molecule has 0 bridgehead atoms. The van der Waals surface area contributed by atoms with Gasteiger partial charge < -0.3 is 40.2 Å². The minimum absolute atomic E-state index is 0.138. The third kappa shape index (κ3) is 5.27. The molecular weight excluding hydrogens is 500 g/mol. The second-order valence-electron chi connectivity index (χ2n) is 9.04. The number of anilines is 1. The molecule has 0 aromatic heterocycles. The van der Waals surface area contributed by atoms with Crippen molar-refractivity contribution in [3.8, 4) is 22.6 Å². The molecule has 0 unspecified atom stereocenters. The lowest BCUT2D eigenvalue weighted by Gasteiger charge is -2.36. The summed E-state index contributed by atoms with van der Waals surface area (Å²) < 4.78 is 17.1. The van der Waals surface area contributed by atoms with Crippen molar-refractivity contribution in [1.82, 2.24) is 5.32 Å². The number of benzene rings is 1. The van der Waals surface area contributed by atoms with Gasteiger partial charge in [-0.2, -0.15) is 0 Å². The Morgan fingerprint density at radius 3 is 2.49 bits per heavy atom. The zero-order valence-corrected chi connectivity index (χ0v) is 21.9. The average Bonchev–Trinajstić information content (AvgIpc) is 3.11. The number of rotatable bonds is 6. The molecule has 2 aromatic carbocycles. The summed E-state index contributed by atoms with van der Waals surface area (Å²) in [5.41, 5.74) is 3.34. The van der Waals surface area contributed by atoms with E-state index in [0.717, 1.165) is 16.7 Å². The molecule has 5 N–H and O–H groups in total. The number of aliphatic hydroxyl groups excluding tert-OH is 3. The number of carbonyl (C=O) groups is 1. The molecule has 5 atom stereocenters. The highest BCUT2D eigenvalue weighted by molar-refractivity contribution is 7.98. The lowest BCUT2D eigenvalue weighted by Crippen LogP contribution is -2.55. The van der Waals surface area contributed by atoms with Crippen LogP contribution in [0.15, 0.2) is 34.0 Å². The van der Waals surface area contributed by atoms with Crippen LogP contribution in [-0.2, 0) is 16.0 Å². The Labute approximate surface area is 219 Å². The molecule has 37 heavy (non-hydrogen) atoms. The highest BCUT2D eigenvalue weighted by atomic mass is 32.2. The van der Waals surface area contributed by atoms with E-state index in [2.05, 4.69) is 10.6 Å². The largest absolute Gasteiger partial charge is 0.492 e. The van der Waals surface area contributed by atoms with Crippen LogP contribution < -0.4 is 25.5 Å². The van der Waals surface area contributed by atoms with E-state index >= 15 is 0 Å². The summed E-state index contributed by atoms with van der Waals surface area (Å²) in [6.45, 7) is 1.29. The second-order valence-corrected chi connectivity index (χ2v) is 9.89. The number of hydrogen-bond donors (Lipinski definition) is 5. The molecule has 1 amide bonds. The van der Waals surface area contributed by atoms with E-state index in [-0.39, 0.29) is 17.9 Å². The molecule has 1 aliphatic carbocycles. The van der Waals surface area contributed by atoms with E-state index in [1.807, 2.05) is 18.4 Å². The average molecular weight is 533 g/mol.